The number of rotatable bonds is 1. The molecule has 0 saturated carbocycles. The Bertz CT molecular complexity index is 488. The summed E-state index contributed by atoms with van der Waals surface area (Å²) in [7, 11) is 3.55. The number of aryl methyl sites for hydroxylation is 2. The van der Waals surface area contributed by atoms with E-state index in [-0.39, 0.29) is 0 Å². The van der Waals surface area contributed by atoms with Gasteiger partial charge in [0.05, 0.1) is 18.2 Å². The molecule has 0 aliphatic heterocycles. The second-order valence-corrected chi connectivity index (χ2v) is 3.29. The molecule has 0 amide bonds. The van der Waals surface area contributed by atoms with Crippen LogP contribution in [0.1, 0.15) is 5.69 Å². The standard InChI is InChI=1S/C10H13N3O/c1-6-9-8(14-3)5-4-7(11)10(9)12-13(6)2/h4-5H,11H2,1-3H3. The van der Waals surface area contributed by atoms with Gasteiger partial charge in [0.1, 0.15) is 11.3 Å². The Hall–Kier alpha value is -1.71. The summed E-state index contributed by atoms with van der Waals surface area (Å²) in [6.45, 7) is 2.00. The fourth-order valence-electron chi connectivity index (χ4n) is 1.60. The fourth-order valence-corrected chi connectivity index (χ4v) is 1.60. The molecule has 0 spiro atoms. The highest BCUT2D eigenvalue weighted by Gasteiger charge is 2.12. The third-order valence-corrected chi connectivity index (χ3v) is 2.49. The van der Waals surface area contributed by atoms with Gasteiger partial charge in [-0.25, -0.2) is 0 Å². The molecule has 1 heterocycles. The van der Waals surface area contributed by atoms with E-state index in [0.717, 1.165) is 22.3 Å². The summed E-state index contributed by atoms with van der Waals surface area (Å²) < 4.78 is 7.08. The van der Waals surface area contributed by atoms with Crippen LogP contribution in [-0.2, 0) is 7.05 Å². The van der Waals surface area contributed by atoms with E-state index >= 15 is 0 Å². The van der Waals surface area contributed by atoms with E-state index < -0.39 is 0 Å². The molecule has 0 saturated heterocycles. The molecule has 74 valence electrons. The molecule has 2 aromatic rings. The van der Waals surface area contributed by atoms with Crippen LogP contribution in [0.15, 0.2) is 12.1 Å². The lowest BCUT2D eigenvalue weighted by molar-refractivity contribution is 0.419. The van der Waals surface area contributed by atoms with Crippen molar-refractivity contribution in [1.29, 1.82) is 0 Å². The van der Waals surface area contributed by atoms with Gasteiger partial charge < -0.3 is 10.5 Å². The minimum atomic E-state index is 0.685. The Labute approximate surface area is 82.3 Å². The number of aromatic nitrogens is 2. The van der Waals surface area contributed by atoms with E-state index in [2.05, 4.69) is 5.10 Å². The lowest BCUT2D eigenvalue weighted by Crippen LogP contribution is -1.92. The Kier molecular flexibility index (Phi) is 1.84. The van der Waals surface area contributed by atoms with Crippen LogP contribution in [0.4, 0.5) is 5.69 Å². The van der Waals surface area contributed by atoms with Crippen molar-refractivity contribution in [3.8, 4) is 5.75 Å². The first-order valence-corrected chi connectivity index (χ1v) is 4.41. The van der Waals surface area contributed by atoms with Gasteiger partial charge in [0.15, 0.2) is 0 Å². The van der Waals surface area contributed by atoms with E-state index in [0.29, 0.717) is 5.69 Å². The minimum Gasteiger partial charge on any atom is -0.496 e. The highest BCUT2D eigenvalue weighted by atomic mass is 16.5. The summed E-state index contributed by atoms with van der Waals surface area (Å²) in [4.78, 5) is 0. The Morgan fingerprint density at radius 3 is 2.79 bits per heavy atom. The van der Waals surface area contributed by atoms with E-state index in [1.807, 2.05) is 30.8 Å². The molecular formula is C10H13N3O. The lowest BCUT2D eigenvalue weighted by Gasteiger charge is -2.03. The third kappa shape index (κ3) is 1.04. The number of ether oxygens (including phenoxy) is 1. The fraction of sp³-hybridized carbons (Fsp3) is 0.300. The van der Waals surface area contributed by atoms with Crippen molar-refractivity contribution in [2.24, 2.45) is 7.05 Å². The molecule has 2 N–H and O–H groups in total. The Morgan fingerprint density at radius 1 is 1.43 bits per heavy atom. The molecule has 1 aromatic heterocycles. The van der Waals surface area contributed by atoms with Crippen LogP contribution >= 0.6 is 0 Å². The highest BCUT2D eigenvalue weighted by molar-refractivity contribution is 5.95. The zero-order valence-electron chi connectivity index (χ0n) is 8.53. The summed E-state index contributed by atoms with van der Waals surface area (Å²) >= 11 is 0. The molecule has 0 fully saturated rings. The van der Waals surface area contributed by atoms with Crippen molar-refractivity contribution in [3.05, 3.63) is 17.8 Å². The van der Waals surface area contributed by atoms with Crippen molar-refractivity contribution in [2.45, 2.75) is 6.92 Å². The topological polar surface area (TPSA) is 53.1 Å². The number of anilines is 1. The molecule has 0 radical (unpaired) electrons. The van der Waals surface area contributed by atoms with E-state index in [1.165, 1.54) is 0 Å². The summed E-state index contributed by atoms with van der Waals surface area (Å²) in [6.07, 6.45) is 0. The Morgan fingerprint density at radius 2 is 2.14 bits per heavy atom. The van der Waals surface area contributed by atoms with Crippen LogP contribution in [0, 0.1) is 6.92 Å². The van der Waals surface area contributed by atoms with Crippen molar-refractivity contribution < 1.29 is 4.74 Å². The number of methoxy groups -OCH3 is 1. The van der Waals surface area contributed by atoms with Gasteiger partial charge in [-0.05, 0) is 19.1 Å². The zero-order valence-corrected chi connectivity index (χ0v) is 8.53. The van der Waals surface area contributed by atoms with Crippen molar-refractivity contribution in [3.63, 3.8) is 0 Å². The van der Waals surface area contributed by atoms with E-state index in [1.54, 1.807) is 7.11 Å². The first kappa shape index (κ1) is 8.87. The molecule has 0 aliphatic carbocycles. The van der Waals surface area contributed by atoms with Crippen LogP contribution in [0.5, 0.6) is 5.75 Å². The van der Waals surface area contributed by atoms with Gasteiger partial charge in [0.25, 0.3) is 0 Å². The van der Waals surface area contributed by atoms with Crippen molar-refractivity contribution in [2.75, 3.05) is 12.8 Å². The quantitative estimate of drug-likeness (QED) is 0.694. The number of fused-ring (bicyclic) bond motifs is 1. The van der Waals surface area contributed by atoms with Crippen LogP contribution < -0.4 is 10.5 Å². The molecular weight excluding hydrogens is 178 g/mol. The average molecular weight is 191 g/mol. The van der Waals surface area contributed by atoms with Crippen LogP contribution in [0.2, 0.25) is 0 Å². The number of nitrogens with zero attached hydrogens (tertiary/aromatic N) is 2. The molecule has 4 heteroatoms. The van der Waals surface area contributed by atoms with E-state index in [4.69, 9.17) is 10.5 Å². The third-order valence-electron chi connectivity index (χ3n) is 2.49. The van der Waals surface area contributed by atoms with Gasteiger partial charge in [0.2, 0.25) is 0 Å². The number of hydrogen-bond acceptors (Lipinski definition) is 3. The second-order valence-electron chi connectivity index (χ2n) is 3.29. The number of benzene rings is 1. The molecule has 14 heavy (non-hydrogen) atoms. The molecule has 0 bridgehead atoms. The largest absolute Gasteiger partial charge is 0.496 e. The maximum atomic E-state index is 5.83. The minimum absolute atomic E-state index is 0.685. The molecule has 0 unspecified atom stereocenters. The normalized spacial score (nSPS) is 10.8. The molecule has 2 rings (SSSR count). The molecule has 0 aliphatic rings. The first-order valence-electron chi connectivity index (χ1n) is 4.41. The number of hydrogen-bond donors (Lipinski definition) is 1. The SMILES string of the molecule is COc1ccc(N)c2nn(C)c(C)c12. The van der Waals surface area contributed by atoms with Gasteiger partial charge in [-0.1, -0.05) is 0 Å². The second kappa shape index (κ2) is 2.90. The molecule has 1 aromatic carbocycles. The maximum Gasteiger partial charge on any atom is 0.130 e. The van der Waals surface area contributed by atoms with Gasteiger partial charge in [0, 0.05) is 12.7 Å². The maximum absolute atomic E-state index is 5.83. The average Bonchev–Trinajstić information content (AvgIpc) is 2.47. The monoisotopic (exact) mass is 191 g/mol. The summed E-state index contributed by atoms with van der Waals surface area (Å²) in [5.41, 5.74) is 8.38. The van der Waals surface area contributed by atoms with Gasteiger partial charge in [-0.3, -0.25) is 4.68 Å². The molecule has 0 atom stereocenters. The predicted molar refractivity (Wildman–Crippen MR) is 56.4 cm³/mol. The summed E-state index contributed by atoms with van der Waals surface area (Å²) in [5.74, 6) is 0.819. The molecule has 4 nitrogen and oxygen atoms in total. The lowest BCUT2D eigenvalue weighted by atomic mass is 10.2. The zero-order chi connectivity index (χ0) is 10.3. The van der Waals surface area contributed by atoms with Crippen LogP contribution in [0.25, 0.3) is 10.9 Å². The first-order chi connectivity index (χ1) is 6.65. The highest BCUT2D eigenvalue weighted by Crippen LogP contribution is 2.31. The van der Waals surface area contributed by atoms with Crippen molar-refractivity contribution in [1.82, 2.24) is 9.78 Å². The van der Waals surface area contributed by atoms with Gasteiger partial charge in [-0.2, -0.15) is 5.10 Å². The van der Waals surface area contributed by atoms with Crippen molar-refractivity contribution >= 4 is 16.6 Å². The summed E-state index contributed by atoms with van der Waals surface area (Å²) in [6, 6.07) is 3.68. The smallest absolute Gasteiger partial charge is 0.130 e. The van der Waals surface area contributed by atoms with Gasteiger partial charge in [-0.15, -0.1) is 0 Å². The summed E-state index contributed by atoms with van der Waals surface area (Å²) in [5, 5.41) is 5.33. The van der Waals surface area contributed by atoms with Crippen LogP contribution in [0.3, 0.4) is 0 Å². The van der Waals surface area contributed by atoms with E-state index in [9.17, 15) is 0 Å². The van der Waals surface area contributed by atoms with Crippen LogP contribution in [-0.4, -0.2) is 16.9 Å². The predicted octanol–water partition coefficient (Wildman–Crippen LogP) is 1.47. The number of nitrogens with two attached hydrogens (primary N) is 1. The number of nitrogen functional groups attached to an aromatic ring is 1. The van der Waals surface area contributed by atoms with Gasteiger partial charge >= 0.3 is 0 Å². The Balaban J connectivity index is 2.92.